The monoisotopic (exact) mass is 661 g/mol. The molecule has 0 spiro atoms. The molecule has 0 bridgehead atoms. The fourth-order valence-electron chi connectivity index (χ4n) is 4.82. The zero-order valence-corrected chi connectivity index (χ0v) is 28.1. The van der Waals surface area contributed by atoms with Crippen LogP contribution in [0, 0.1) is 12.8 Å². The number of para-hydroxylation sites is 1. The molecule has 1 atom stereocenters. The van der Waals surface area contributed by atoms with E-state index < -0.39 is 28.5 Å². The number of hydrogen-bond acceptors (Lipinski definition) is 5. The average molecular weight is 662 g/mol. The minimum absolute atomic E-state index is 0.0222. The molecule has 8 nitrogen and oxygen atoms in total. The third-order valence-electron chi connectivity index (χ3n) is 7.36. The van der Waals surface area contributed by atoms with E-state index in [2.05, 4.69) is 5.32 Å². The van der Waals surface area contributed by atoms with E-state index in [-0.39, 0.29) is 29.0 Å². The summed E-state index contributed by atoms with van der Waals surface area (Å²) in [7, 11) is -4.21. The zero-order valence-electron chi connectivity index (χ0n) is 26.5. The second-order valence-electron chi connectivity index (χ2n) is 11.4. The predicted molar refractivity (Wildman–Crippen MR) is 183 cm³/mol. The predicted octanol–water partition coefficient (Wildman–Crippen LogP) is 7.22. The highest BCUT2D eigenvalue weighted by atomic mass is 35.5. The van der Waals surface area contributed by atoms with Crippen LogP contribution in [0.3, 0.4) is 0 Å². The van der Waals surface area contributed by atoms with E-state index in [0.717, 1.165) is 9.87 Å². The Morgan fingerprint density at radius 3 is 2.07 bits per heavy atom. The van der Waals surface area contributed by atoms with Gasteiger partial charge in [0.25, 0.3) is 10.0 Å². The summed E-state index contributed by atoms with van der Waals surface area (Å²) in [6.07, 6.45) is 0.316. The number of halogens is 1. The molecular formula is C36H40ClN3O5S. The van der Waals surface area contributed by atoms with Crippen LogP contribution < -0.4 is 14.4 Å². The number of carbonyl (C=O) groups is 2. The van der Waals surface area contributed by atoms with Gasteiger partial charge in [0.1, 0.15) is 24.1 Å². The molecule has 4 aromatic carbocycles. The number of hydrogen-bond donors (Lipinski definition) is 1. The van der Waals surface area contributed by atoms with E-state index in [9.17, 15) is 18.0 Å². The van der Waals surface area contributed by atoms with Crippen LogP contribution in [0.2, 0.25) is 5.02 Å². The minimum atomic E-state index is -4.21. The maximum absolute atomic E-state index is 14.3. The Balaban J connectivity index is 1.73. The third-order valence-corrected chi connectivity index (χ3v) is 9.52. The highest BCUT2D eigenvalue weighted by Crippen LogP contribution is 2.29. The van der Waals surface area contributed by atoms with E-state index >= 15 is 0 Å². The smallest absolute Gasteiger partial charge is 0.264 e. The summed E-state index contributed by atoms with van der Waals surface area (Å²) in [5.74, 6) is 0.477. The number of sulfonamides is 1. The van der Waals surface area contributed by atoms with Crippen molar-refractivity contribution >= 4 is 39.1 Å². The maximum Gasteiger partial charge on any atom is 0.264 e. The van der Waals surface area contributed by atoms with E-state index in [0.29, 0.717) is 35.1 Å². The first-order valence-corrected chi connectivity index (χ1v) is 17.0. The molecule has 4 aromatic rings. The average Bonchev–Trinajstić information content (AvgIpc) is 3.04. The molecule has 10 heteroatoms. The van der Waals surface area contributed by atoms with Gasteiger partial charge >= 0.3 is 0 Å². The van der Waals surface area contributed by atoms with Crippen molar-refractivity contribution in [2.75, 3.05) is 17.4 Å². The SMILES string of the molecule is CC[C@@H](C(=O)NCC(C)C)N(Cc1ccccc1Cl)C(=O)CN(c1ccc(Oc2ccccc2)cc1)S(=O)(=O)c1ccc(C)cc1. The van der Waals surface area contributed by atoms with Crippen LogP contribution in [-0.2, 0) is 26.2 Å². The summed E-state index contributed by atoms with van der Waals surface area (Å²) in [6, 6.07) is 28.4. The molecule has 0 aliphatic rings. The molecule has 46 heavy (non-hydrogen) atoms. The topological polar surface area (TPSA) is 96.0 Å². The Labute approximate surface area is 277 Å². The van der Waals surface area contributed by atoms with Crippen molar-refractivity contribution in [3.63, 3.8) is 0 Å². The van der Waals surface area contributed by atoms with Crippen LogP contribution in [0.1, 0.15) is 38.3 Å². The number of anilines is 1. The Morgan fingerprint density at radius 2 is 1.46 bits per heavy atom. The molecule has 0 radical (unpaired) electrons. The van der Waals surface area contributed by atoms with Crippen LogP contribution in [0.15, 0.2) is 108 Å². The van der Waals surface area contributed by atoms with Crippen LogP contribution in [0.25, 0.3) is 0 Å². The number of amides is 2. The van der Waals surface area contributed by atoms with Crippen molar-refractivity contribution in [2.45, 2.75) is 51.6 Å². The van der Waals surface area contributed by atoms with Crippen molar-refractivity contribution in [2.24, 2.45) is 5.92 Å². The summed E-state index contributed by atoms with van der Waals surface area (Å²) >= 11 is 6.49. The van der Waals surface area contributed by atoms with Gasteiger partial charge < -0.3 is 15.0 Å². The van der Waals surface area contributed by atoms with Gasteiger partial charge in [0.15, 0.2) is 0 Å². The molecule has 242 valence electrons. The van der Waals surface area contributed by atoms with Crippen LogP contribution in [0.5, 0.6) is 11.5 Å². The van der Waals surface area contributed by atoms with Gasteiger partial charge in [-0.1, -0.05) is 86.5 Å². The van der Waals surface area contributed by atoms with Gasteiger partial charge in [-0.2, -0.15) is 0 Å². The highest BCUT2D eigenvalue weighted by Gasteiger charge is 2.34. The quantitative estimate of drug-likeness (QED) is 0.154. The lowest BCUT2D eigenvalue weighted by molar-refractivity contribution is -0.140. The Morgan fingerprint density at radius 1 is 0.848 bits per heavy atom. The first kappa shape index (κ1) is 34.5. The Hall–Kier alpha value is -4.34. The van der Waals surface area contributed by atoms with Crippen molar-refractivity contribution < 1.29 is 22.7 Å². The lowest BCUT2D eigenvalue weighted by Gasteiger charge is -2.33. The van der Waals surface area contributed by atoms with E-state index in [1.54, 1.807) is 60.7 Å². The van der Waals surface area contributed by atoms with E-state index in [1.165, 1.54) is 17.0 Å². The second-order valence-corrected chi connectivity index (χ2v) is 13.7. The van der Waals surface area contributed by atoms with Crippen LogP contribution >= 0.6 is 11.6 Å². The van der Waals surface area contributed by atoms with E-state index in [4.69, 9.17) is 16.3 Å². The first-order chi connectivity index (χ1) is 22.0. The highest BCUT2D eigenvalue weighted by molar-refractivity contribution is 7.92. The summed E-state index contributed by atoms with van der Waals surface area (Å²) in [4.78, 5) is 29.2. The van der Waals surface area contributed by atoms with Gasteiger partial charge in [-0.15, -0.1) is 0 Å². The van der Waals surface area contributed by atoms with Crippen LogP contribution in [-0.4, -0.2) is 44.3 Å². The number of nitrogens with one attached hydrogen (secondary N) is 1. The summed E-state index contributed by atoms with van der Waals surface area (Å²) in [5, 5.41) is 3.37. The maximum atomic E-state index is 14.3. The molecule has 4 rings (SSSR count). The third kappa shape index (κ3) is 8.89. The first-order valence-electron chi connectivity index (χ1n) is 15.2. The summed E-state index contributed by atoms with van der Waals surface area (Å²) in [5.41, 5.74) is 1.81. The second kappa shape index (κ2) is 15.8. The van der Waals surface area contributed by atoms with Gasteiger partial charge in [-0.25, -0.2) is 8.42 Å². The van der Waals surface area contributed by atoms with E-state index in [1.807, 2.05) is 58.0 Å². The molecular weight excluding hydrogens is 622 g/mol. The number of rotatable bonds is 14. The van der Waals surface area contributed by atoms with Gasteiger partial charge in [-0.05, 0) is 79.4 Å². The largest absolute Gasteiger partial charge is 0.457 e. The number of ether oxygens (including phenoxy) is 1. The standard InChI is InChI=1S/C36H40ClN3O5S/c1-5-34(36(42)38-23-26(2)3)39(24-28-11-9-10-14-33(28)37)35(41)25-40(46(43,44)32-21-15-27(4)16-22-32)29-17-19-31(20-18-29)45-30-12-7-6-8-13-30/h6-22,26,34H,5,23-25H2,1-4H3,(H,38,42)/t34-/m0/s1. The number of aryl methyl sites for hydroxylation is 1. The Kier molecular flexibility index (Phi) is 11.8. The molecule has 0 aliphatic carbocycles. The van der Waals surface area contributed by atoms with Gasteiger partial charge in [0.05, 0.1) is 10.6 Å². The summed E-state index contributed by atoms with van der Waals surface area (Å²) < 4.78 is 35.3. The number of benzene rings is 4. The molecule has 0 saturated heterocycles. The van der Waals surface area contributed by atoms with Crippen molar-refractivity contribution in [3.05, 3.63) is 119 Å². The van der Waals surface area contributed by atoms with Gasteiger partial charge in [-0.3, -0.25) is 13.9 Å². The summed E-state index contributed by atoms with van der Waals surface area (Å²) in [6.45, 7) is 7.57. The number of carbonyl (C=O) groups excluding carboxylic acids is 2. The molecule has 0 saturated carbocycles. The van der Waals surface area contributed by atoms with Crippen molar-refractivity contribution in [1.82, 2.24) is 10.2 Å². The van der Waals surface area contributed by atoms with Gasteiger partial charge in [0.2, 0.25) is 11.8 Å². The van der Waals surface area contributed by atoms with Gasteiger partial charge in [0, 0.05) is 18.1 Å². The zero-order chi connectivity index (χ0) is 33.3. The minimum Gasteiger partial charge on any atom is -0.457 e. The molecule has 0 fully saturated rings. The molecule has 1 N–H and O–H groups in total. The fourth-order valence-corrected chi connectivity index (χ4v) is 6.43. The van der Waals surface area contributed by atoms with Crippen molar-refractivity contribution in [3.8, 4) is 11.5 Å². The fraction of sp³-hybridized carbons (Fsp3) is 0.278. The Bertz CT molecular complexity index is 1710. The lowest BCUT2D eigenvalue weighted by Crippen LogP contribution is -2.52. The molecule has 0 unspecified atom stereocenters. The molecule has 0 aliphatic heterocycles. The van der Waals surface area contributed by atoms with Crippen LogP contribution in [0.4, 0.5) is 5.69 Å². The number of nitrogens with zero attached hydrogens (tertiary/aromatic N) is 2. The molecule has 2 amide bonds. The lowest BCUT2D eigenvalue weighted by atomic mass is 10.1. The van der Waals surface area contributed by atoms with Crippen molar-refractivity contribution in [1.29, 1.82) is 0 Å². The molecule has 0 heterocycles. The normalized spacial score (nSPS) is 12.0. The molecule has 0 aromatic heterocycles.